The third kappa shape index (κ3) is 4.94. The van der Waals surface area contributed by atoms with E-state index in [0.717, 1.165) is 18.0 Å². The predicted molar refractivity (Wildman–Crippen MR) is 96.2 cm³/mol. The van der Waals surface area contributed by atoms with Crippen LogP contribution in [0.25, 0.3) is 10.6 Å². The molecule has 0 radical (unpaired) electrons. The number of nitrogens with zero attached hydrogens (tertiary/aromatic N) is 3. The molecule has 2 heterocycles. The van der Waals surface area contributed by atoms with Crippen molar-refractivity contribution in [2.75, 3.05) is 6.54 Å². The molecule has 0 aliphatic heterocycles. The molecule has 0 unspecified atom stereocenters. The van der Waals surface area contributed by atoms with Gasteiger partial charge in [-0.1, -0.05) is 12.1 Å². The first-order valence-corrected chi connectivity index (χ1v) is 9.06. The Balaban J connectivity index is 1.54. The maximum atomic E-state index is 12.6. The van der Waals surface area contributed by atoms with Crippen molar-refractivity contribution >= 4 is 17.2 Å². The summed E-state index contributed by atoms with van der Waals surface area (Å²) in [5.41, 5.74) is 0.481. The van der Waals surface area contributed by atoms with Crippen LogP contribution >= 0.6 is 11.3 Å². The summed E-state index contributed by atoms with van der Waals surface area (Å²) in [5.74, 6) is 0.724. The number of aromatic nitrogens is 3. The predicted octanol–water partition coefficient (Wildman–Crippen LogP) is 3.46. The van der Waals surface area contributed by atoms with Gasteiger partial charge in [-0.15, -0.1) is 11.3 Å². The third-order valence-electron chi connectivity index (χ3n) is 3.94. The molecule has 0 fully saturated rings. The van der Waals surface area contributed by atoms with Crippen molar-refractivity contribution in [3.8, 4) is 10.6 Å². The van der Waals surface area contributed by atoms with E-state index in [1.54, 1.807) is 11.6 Å². The molecule has 3 rings (SSSR count). The summed E-state index contributed by atoms with van der Waals surface area (Å²) in [6, 6.07) is 4.83. The van der Waals surface area contributed by atoms with E-state index in [4.69, 9.17) is 0 Å². The average molecular weight is 394 g/mol. The number of amides is 1. The summed E-state index contributed by atoms with van der Waals surface area (Å²) >= 11 is 1.30. The van der Waals surface area contributed by atoms with Crippen molar-refractivity contribution < 1.29 is 18.0 Å². The van der Waals surface area contributed by atoms with Crippen LogP contribution in [0.1, 0.15) is 17.1 Å². The van der Waals surface area contributed by atoms with Crippen LogP contribution in [0.2, 0.25) is 0 Å². The molecular formula is C18H17F3N4OS. The van der Waals surface area contributed by atoms with Crippen LogP contribution in [0.4, 0.5) is 13.2 Å². The lowest BCUT2D eigenvalue weighted by Crippen LogP contribution is -2.27. The van der Waals surface area contributed by atoms with Gasteiger partial charge in [0.2, 0.25) is 5.91 Å². The molecule has 2 aromatic heterocycles. The minimum atomic E-state index is -4.36. The monoisotopic (exact) mass is 394 g/mol. The zero-order chi connectivity index (χ0) is 19.4. The van der Waals surface area contributed by atoms with Crippen LogP contribution in [0.5, 0.6) is 0 Å². The number of thiazole rings is 1. The lowest BCUT2D eigenvalue weighted by Gasteiger charge is -2.06. The molecule has 0 bridgehead atoms. The zero-order valence-corrected chi connectivity index (χ0v) is 15.3. The van der Waals surface area contributed by atoms with E-state index in [9.17, 15) is 18.0 Å². The molecule has 142 valence electrons. The summed E-state index contributed by atoms with van der Waals surface area (Å²) in [5, 5.41) is 5.14. The molecule has 1 aromatic carbocycles. The highest BCUT2D eigenvalue weighted by atomic mass is 32.1. The molecule has 5 nitrogen and oxygen atoms in total. The minimum absolute atomic E-state index is 0.123. The number of imidazole rings is 1. The van der Waals surface area contributed by atoms with Gasteiger partial charge in [-0.05, 0) is 12.1 Å². The van der Waals surface area contributed by atoms with E-state index in [0.29, 0.717) is 29.2 Å². The van der Waals surface area contributed by atoms with E-state index in [-0.39, 0.29) is 12.3 Å². The third-order valence-corrected chi connectivity index (χ3v) is 4.88. The summed E-state index contributed by atoms with van der Waals surface area (Å²) in [4.78, 5) is 20.6. The van der Waals surface area contributed by atoms with Gasteiger partial charge >= 0.3 is 6.18 Å². The number of hydrogen-bond donors (Lipinski definition) is 1. The van der Waals surface area contributed by atoms with Crippen LogP contribution in [0, 0.1) is 0 Å². The van der Waals surface area contributed by atoms with E-state index >= 15 is 0 Å². The Kier molecular flexibility index (Phi) is 5.59. The zero-order valence-electron chi connectivity index (χ0n) is 14.5. The highest BCUT2D eigenvalue weighted by Crippen LogP contribution is 2.31. The maximum Gasteiger partial charge on any atom is 0.416 e. The Morgan fingerprint density at radius 3 is 2.63 bits per heavy atom. The van der Waals surface area contributed by atoms with E-state index in [1.165, 1.54) is 23.5 Å². The Morgan fingerprint density at radius 1 is 1.26 bits per heavy atom. The molecule has 0 aliphatic rings. The number of rotatable bonds is 6. The fourth-order valence-corrected chi connectivity index (χ4v) is 3.33. The molecule has 0 saturated carbocycles. The highest BCUT2D eigenvalue weighted by molar-refractivity contribution is 7.13. The van der Waals surface area contributed by atoms with Gasteiger partial charge in [-0.3, -0.25) is 4.79 Å². The number of halogens is 3. The van der Waals surface area contributed by atoms with E-state index in [1.807, 2.05) is 17.8 Å². The summed E-state index contributed by atoms with van der Waals surface area (Å²) in [6.07, 6.45) is -0.0647. The van der Waals surface area contributed by atoms with Crippen LogP contribution in [-0.4, -0.2) is 27.0 Å². The smallest absolute Gasteiger partial charge is 0.355 e. The van der Waals surface area contributed by atoms with Crippen LogP contribution in [0.15, 0.2) is 42.0 Å². The van der Waals surface area contributed by atoms with Crippen LogP contribution < -0.4 is 5.32 Å². The van der Waals surface area contributed by atoms with Gasteiger partial charge < -0.3 is 9.88 Å². The molecule has 27 heavy (non-hydrogen) atoms. The van der Waals surface area contributed by atoms with Crippen molar-refractivity contribution in [1.82, 2.24) is 19.9 Å². The first-order chi connectivity index (χ1) is 12.8. The van der Waals surface area contributed by atoms with Crippen LogP contribution in [-0.2, 0) is 30.9 Å². The second kappa shape index (κ2) is 7.91. The molecule has 1 N–H and O–H groups in total. The molecular weight excluding hydrogens is 377 g/mol. The summed E-state index contributed by atoms with van der Waals surface area (Å²) in [7, 11) is 1.89. The van der Waals surface area contributed by atoms with Gasteiger partial charge in [0.1, 0.15) is 10.8 Å². The molecule has 9 heteroatoms. The van der Waals surface area contributed by atoms with E-state index < -0.39 is 11.7 Å². The second-order valence-corrected chi connectivity index (χ2v) is 6.81. The van der Waals surface area contributed by atoms with Gasteiger partial charge in [0.05, 0.1) is 17.7 Å². The number of carbonyl (C=O) groups excluding carboxylic acids is 1. The molecule has 0 spiro atoms. The van der Waals surface area contributed by atoms with Crippen molar-refractivity contribution in [2.24, 2.45) is 7.05 Å². The van der Waals surface area contributed by atoms with Gasteiger partial charge in [-0.25, -0.2) is 9.97 Å². The summed E-state index contributed by atoms with van der Waals surface area (Å²) in [6.45, 7) is 0.472. The Labute approximate surface area is 157 Å². The van der Waals surface area contributed by atoms with Crippen molar-refractivity contribution in [3.63, 3.8) is 0 Å². The Bertz CT molecular complexity index is 915. The number of benzene rings is 1. The normalized spacial score (nSPS) is 11.6. The number of aryl methyl sites for hydroxylation is 1. The Morgan fingerprint density at radius 2 is 2.00 bits per heavy atom. The number of carbonyl (C=O) groups is 1. The van der Waals surface area contributed by atoms with Crippen LogP contribution in [0.3, 0.4) is 0 Å². The fourth-order valence-electron chi connectivity index (χ4n) is 2.50. The molecule has 0 saturated heterocycles. The molecule has 0 atom stereocenters. The first kappa shape index (κ1) is 19.1. The highest BCUT2D eigenvalue weighted by Gasteiger charge is 2.30. The molecule has 3 aromatic rings. The lowest BCUT2D eigenvalue weighted by molar-refractivity contribution is -0.137. The van der Waals surface area contributed by atoms with Gasteiger partial charge in [0, 0.05) is 43.4 Å². The number of nitrogens with one attached hydrogen (secondary N) is 1. The van der Waals surface area contributed by atoms with Crippen molar-refractivity contribution in [2.45, 2.75) is 19.0 Å². The second-order valence-electron chi connectivity index (χ2n) is 5.95. The fraction of sp³-hybridized carbons (Fsp3) is 0.278. The standard InChI is InChI=1S/C18H17F3N4OS/c1-25-9-8-22-15(25)6-7-23-16(26)10-14-11-27-17(24-14)12-2-4-13(5-3-12)18(19,20)21/h2-5,8-9,11H,6-7,10H2,1H3,(H,23,26). The lowest BCUT2D eigenvalue weighted by atomic mass is 10.1. The topological polar surface area (TPSA) is 59.8 Å². The quantitative estimate of drug-likeness (QED) is 0.697. The molecule has 1 amide bonds. The summed E-state index contributed by atoms with van der Waals surface area (Å²) < 4.78 is 39.8. The van der Waals surface area contributed by atoms with Gasteiger partial charge in [0.15, 0.2) is 0 Å². The van der Waals surface area contributed by atoms with E-state index in [2.05, 4.69) is 15.3 Å². The number of hydrogen-bond acceptors (Lipinski definition) is 4. The minimum Gasteiger partial charge on any atom is -0.355 e. The SMILES string of the molecule is Cn1ccnc1CCNC(=O)Cc1csc(-c2ccc(C(F)(F)F)cc2)n1. The van der Waals surface area contributed by atoms with Gasteiger partial charge in [0.25, 0.3) is 0 Å². The maximum absolute atomic E-state index is 12.6. The first-order valence-electron chi connectivity index (χ1n) is 8.18. The Hall–Kier alpha value is -2.68. The van der Waals surface area contributed by atoms with Crippen molar-refractivity contribution in [1.29, 1.82) is 0 Å². The van der Waals surface area contributed by atoms with Gasteiger partial charge in [-0.2, -0.15) is 13.2 Å². The van der Waals surface area contributed by atoms with Crippen molar-refractivity contribution in [3.05, 3.63) is 59.1 Å². The molecule has 0 aliphatic carbocycles. The average Bonchev–Trinajstić information content (AvgIpc) is 3.24. The largest absolute Gasteiger partial charge is 0.416 e. The number of alkyl halides is 3.